The fraction of sp³-hybridized carbons (Fsp3) is 0.227. The molecule has 1 aliphatic heterocycles. The van der Waals surface area contributed by atoms with Crippen molar-refractivity contribution in [2.75, 3.05) is 6.54 Å². The number of ether oxygens (including phenoxy) is 1. The lowest BCUT2D eigenvalue weighted by Gasteiger charge is -2.23. The molecule has 1 aromatic heterocycles. The van der Waals surface area contributed by atoms with Gasteiger partial charge in [0.05, 0.1) is 11.1 Å². The summed E-state index contributed by atoms with van der Waals surface area (Å²) >= 11 is 0. The molecule has 0 unspecified atom stereocenters. The van der Waals surface area contributed by atoms with E-state index in [0.29, 0.717) is 13.0 Å². The quantitative estimate of drug-likeness (QED) is 0.707. The first-order chi connectivity index (χ1) is 13.6. The molecule has 1 atom stereocenters. The van der Waals surface area contributed by atoms with E-state index in [0.717, 1.165) is 22.9 Å². The second-order valence-corrected chi connectivity index (χ2v) is 6.77. The summed E-state index contributed by atoms with van der Waals surface area (Å²) in [4.78, 5) is 31.3. The van der Waals surface area contributed by atoms with Gasteiger partial charge in [-0.15, -0.1) is 0 Å². The van der Waals surface area contributed by atoms with Crippen LogP contribution < -0.4 is 0 Å². The van der Waals surface area contributed by atoms with Gasteiger partial charge in [0.15, 0.2) is 0 Å². The summed E-state index contributed by atoms with van der Waals surface area (Å²) in [5.41, 5.74) is 1.81. The number of likely N-dealkylation sites (tertiary alicyclic amines) is 1. The molecule has 4 rings (SSSR count). The average Bonchev–Trinajstić information content (AvgIpc) is 3.22. The van der Waals surface area contributed by atoms with Crippen molar-refractivity contribution in [1.82, 2.24) is 9.88 Å². The van der Waals surface area contributed by atoms with Crippen LogP contribution in [0.3, 0.4) is 0 Å². The number of fused-ring (bicyclic) bond motifs is 1. The van der Waals surface area contributed by atoms with Gasteiger partial charge in [-0.2, -0.15) is 0 Å². The Bertz CT molecular complexity index is 1030. The summed E-state index contributed by atoms with van der Waals surface area (Å²) in [5, 5.41) is 10.9. The van der Waals surface area contributed by atoms with E-state index < -0.39 is 12.0 Å². The lowest BCUT2D eigenvalue weighted by molar-refractivity contribution is -0.149. The number of nitrogens with zero attached hydrogens (tertiary/aromatic N) is 2. The van der Waals surface area contributed by atoms with Crippen LogP contribution in [-0.4, -0.2) is 39.5 Å². The van der Waals surface area contributed by atoms with Crippen LogP contribution >= 0.6 is 0 Å². The third-order valence-electron chi connectivity index (χ3n) is 5.01. The van der Waals surface area contributed by atoms with Crippen LogP contribution in [0.4, 0.5) is 0 Å². The number of para-hydroxylation sites is 2. The van der Waals surface area contributed by atoms with Crippen molar-refractivity contribution < 1.29 is 19.4 Å². The van der Waals surface area contributed by atoms with Gasteiger partial charge in [-0.25, -0.2) is 4.79 Å². The lowest BCUT2D eigenvalue weighted by atomic mass is 10.1. The molecule has 0 saturated carbocycles. The molecule has 6 heteroatoms. The number of esters is 1. The molecule has 3 aromatic rings. The number of pyridine rings is 1. The molecule has 0 bridgehead atoms. The molecule has 1 aliphatic rings. The average molecular weight is 376 g/mol. The van der Waals surface area contributed by atoms with Gasteiger partial charge in [0.2, 0.25) is 0 Å². The largest absolute Gasteiger partial charge is 0.507 e. The van der Waals surface area contributed by atoms with Gasteiger partial charge < -0.3 is 14.7 Å². The second-order valence-electron chi connectivity index (χ2n) is 6.77. The number of phenols is 1. The zero-order valence-electron chi connectivity index (χ0n) is 15.2. The molecule has 0 radical (unpaired) electrons. The monoisotopic (exact) mass is 376 g/mol. The number of phenolic OH excluding ortho intramolecular Hbond substituents is 1. The smallest absolute Gasteiger partial charge is 0.329 e. The van der Waals surface area contributed by atoms with Crippen LogP contribution in [0, 0.1) is 0 Å². The highest BCUT2D eigenvalue weighted by Gasteiger charge is 2.36. The minimum absolute atomic E-state index is 0.0895. The zero-order chi connectivity index (χ0) is 19.5. The van der Waals surface area contributed by atoms with Crippen LogP contribution in [0.15, 0.2) is 60.8 Å². The first-order valence-corrected chi connectivity index (χ1v) is 9.23. The van der Waals surface area contributed by atoms with Gasteiger partial charge >= 0.3 is 5.97 Å². The van der Waals surface area contributed by atoms with Crippen molar-refractivity contribution in [2.45, 2.75) is 25.5 Å². The van der Waals surface area contributed by atoms with Gasteiger partial charge in [0.25, 0.3) is 5.91 Å². The summed E-state index contributed by atoms with van der Waals surface area (Å²) in [6.07, 6.45) is 2.97. The van der Waals surface area contributed by atoms with Crippen LogP contribution in [0.1, 0.15) is 28.8 Å². The van der Waals surface area contributed by atoms with Crippen LogP contribution in [0.25, 0.3) is 10.9 Å². The van der Waals surface area contributed by atoms with E-state index in [-0.39, 0.29) is 23.8 Å². The van der Waals surface area contributed by atoms with E-state index in [9.17, 15) is 14.7 Å². The summed E-state index contributed by atoms with van der Waals surface area (Å²) in [6.45, 7) is 0.561. The number of hydrogen-bond donors (Lipinski definition) is 1. The van der Waals surface area contributed by atoms with Gasteiger partial charge in [-0.3, -0.25) is 9.78 Å². The molecule has 0 aliphatic carbocycles. The molecule has 142 valence electrons. The van der Waals surface area contributed by atoms with Crippen LogP contribution in [0.5, 0.6) is 5.75 Å². The molecule has 1 N–H and O–H groups in total. The van der Waals surface area contributed by atoms with Gasteiger partial charge in [0.1, 0.15) is 18.4 Å². The van der Waals surface area contributed by atoms with Gasteiger partial charge in [-0.1, -0.05) is 36.4 Å². The van der Waals surface area contributed by atoms with Gasteiger partial charge in [0, 0.05) is 23.7 Å². The Morgan fingerprint density at radius 2 is 1.93 bits per heavy atom. The molecule has 1 fully saturated rings. The predicted molar refractivity (Wildman–Crippen MR) is 104 cm³/mol. The fourth-order valence-corrected chi connectivity index (χ4v) is 3.59. The third-order valence-corrected chi connectivity index (χ3v) is 5.01. The van der Waals surface area contributed by atoms with Crippen molar-refractivity contribution in [1.29, 1.82) is 0 Å². The van der Waals surface area contributed by atoms with E-state index >= 15 is 0 Å². The molecule has 2 aromatic carbocycles. The summed E-state index contributed by atoms with van der Waals surface area (Å²) < 4.78 is 5.53. The minimum Gasteiger partial charge on any atom is -0.507 e. The Morgan fingerprint density at radius 3 is 2.79 bits per heavy atom. The van der Waals surface area contributed by atoms with Crippen molar-refractivity contribution in [3.63, 3.8) is 0 Å². The number of aromatic nitrogens is 1. The molecular formula is C22H20N2O4. The van der Waals surface area contributed by atoms with Crippen LogP contribution in [-0.2, 0) is 16.1 Å². The summed E-state index contributed by atoms with van der Waals surface area (Å²) in [5.74, 6) is -0.882. The Kier molecular flexibility index (Phi) is 4.93. The number of amides is 1. The number of benzene rings is 2. The molecule has 2 heterocycles. The maximum atomic E-state index is 12.8. The topological polar surface area (TPSA) is 79.7 Å². The number of rotatable bonds is 4. The lowest BCUT2D eigenvalue weighted by Crippen LogP contribution is -2.41. The molecular weight excluding hydrogens is 356 g/mol. The molecule has 28 heavy (non-hydrogen) atoms. The molecule has 0 spiro atoms. The van der Waals surface area contributed by atoms with Crippen molar-refractivity contribution in [2.24, 2.45) is 0 Å². The van der Waals surface area contributed by atoms with Crippen molar-refractivity contribution in [3.05, 3.63) is 71.9 Å². The zero-order valence-corrected chi connectivity index (χ0v) is 15.2. The van der Waals surface area contributed by atoms with Crippen molar-refractivity contribution >= 4 is 22.8 Å². The Morgan fingerprint density at radius 1 is 1.11 bits per heavy atom. The number of carbonyl (C=O) groups excluding carboxylic acids is 2. The highest BCUT2D eigenvalue weighted by Crippen LogP contribution is 2.25. The maximum absolute atomic E-state index is 12.8. The maximum Gasteiger partial charge on any atom is 0.329 e. The number of aromatic hydroxyl groups is 1. The van der Waals surface area contributed by atoms with E-state index in [1.54, 1.807) is 24.4 Å². The normalized spacial score (nSPS) is 16.3. The number of hydrogen-bond acceptors (Lipinski definition) is 5. The van der Waals surface area contributed by atoms with E-state index in [1.807, 2.05) is 30.3 Å². The van der Waals surface area contributed by atoms with Crippen molar-refractivity contribution in [3.8, 4) is 5.75 Å². The second kappa shape index (κ2) is 7.68. The summed E-state index contributed by atoms with van der Waals surface area (Å²) in [7, 11) is 0. The summed E-state index contributed by atoms with van der Waals surface area (Å²) in [6, 6.07) is 15.3. The highest BCUT2D eigenvalue weighted by molar-refractivity contribution is 5.99. The first-order valence-electron chi connectivity index (χ1n) is 9.23. The predicted octanol–water partition coefficient (Wildman–Crippen LogP) is 3.29. The van der Waals surface area contributed by atoms with E-state index in [2.05, 4.69) is 4.98 Å². The Labute approximate surface area is 162 Å². The third kappa shape index (κ3) is 3.41. The highest BCUT2D eigenvalue weighted by atomic mass is 16.5. The standard InChI is InChI=1S/C22H20N2O4/c25-19-11-2-1-9-17(19)21(26)24-13-5-10-18(24)22(27)28-14-16-7-3-6-15-8-4-12-23-20(15)16/h1-4,6-9,11-12,18,25H,5,10,13-14H2/t18-/m1/s1. The molecule has 1 amide bonds. The first kappa shape index (κ1) is 18.0. The number of carbonyl (C=O) groups is 2. The minimum atomic E-state index is -0.643. The van der Waals surface area contributed by atoms with Gasteiger partial charge in [-0.05, 0) is 31.0 Å². The SMILES string of the molecule is O=C(OCc1cccc2cccnc12)[C@H]1CCCN1C(=O)c1ccccc1O. The Hall–Kier alpha value is -3.41. The molecule has 6 nitrogen and oxygen atoms in total. The van der Waals surface area contributed by atoms with E-state index in [4.69, 9.17) is 4.74 Å². The Balaban J connectivity index is 1.48. The molecule has 1 saturated heterocycles. The van der Waals surface area contributed by atoms with E-state index in [1.165, 1.54) is 11.0 Å². The van der Waals surface area contributed by atoms with Crippen LogP contribution in [0.2, 0.25) is 0 Å². The fourth-order valence-electron chi connectivity index (χ4n) is 3.59.